The maximum absolute atomic E-state index is 12.0. The Hall–Kier alpha value is -0.220. The van der Waals surface area contributed by atoms with E-state index in [9.17, 15) is 4.79 Å². The normalized spacial score (nSPS) is 29.9. The van der Waals surface area contributed by atoms with Gasteiger partial charge in [0.05, 0.1) is 12.1 Å². The first-order chi connectivity index (χ1) is 8.66. The highest BCUT2D eigenvalue weighted by Gasteiger charge is 2.55. The number of amides is 1. The molecule has 2 spiro atoms. The van der Waals surface area contributed by atoms with Gasteiger partial charge in [0.25, 0.3) is 0 Å². The molecule has 3 aliphatic rings. The predicted octanol–water partition coefficient (Wildman–Crippen LogP) is 2.79. The molecular weight excluding hydrogens is 246 g/mol. The van der Waals surface area contributed by atoms with Gasteiger partial charge in [-0.3, -0.25) is 4.79 Å². The topological polar surface area (TPSA) is 29.5 Å². The number of ether oxygens (including phenoxy) is 1. The van der Waals surface area contributed by atoms with Gasteiger partial charge >= 0.3 is 0 Å². The Morgan fingerprint density at radius 2 is 1.78 bits per heavy atom. The lowest BCUT2D eigenvalue weighted by Gasteiger charge is -2.40. The first kappa shape index (κ1) is 12.8. The van der Waals surface area contributed by atoms with Gasteiger partial charge in [-0.1, -0.05) is 19.3 Å². The molecule has 4 heteroatoms. The van der Waals surface area contributed by atoms with Crippen LogP contribution in [0, 0.1) is 0 Å². The van der Waals surface area contributed by atoms with Gasteiger partial charge in [-0.15, -0.1) is 0 Å². The summed E-state index contributed by atoms with van der Waals surface area (Å²) in [6.07, 6.45) is 8.16. The lowest BCUT2D eigenvalue weighted by Crippen LogP contribution is -2.49. The number of carbonyl (C=O) groups is 1. The third kappa shape index (κ3) is 2.07. The second kappa shape index (κ2) is 4.71. The number of hydrogen-bond acceptors (Lipinski definition) is 3. The van der Waals surface area contributed by atoms with E-state index < -0.39 is 0 Å². The van der Waals surface area contributed by atoms with Gasteiger partial charge < -0.3 is 9.64 Å². The summed E-state index contributed by atoms with van der Waals surface area (Å²) in [7, 11) is 0. The maximum atomic E-state index is 12.0. The summed E-state index contributed by atoms with van der Waals surface area (Å²) in [6, 6.07) is 0. The fourth-order valence-electron chi connectivity index (χ4n) is 3.84. The third-order valence-electron chi connectivity index (χ3n) is 4.76. The van der Waals surface area contributed by atoms with Gasteiger partial charge in [0.1, 0.15) is 5.72 Å². The van der Waals surface area contributed by atoms with E-state index in [0.717, 1.165) is 43.7 Å². The Kier molecular flexibility index (Phi) is 3.35. The maximum Gasteiger partial charge on any atom is 0.221 e. The Balaban J connectivity index is 1.85. The van der Waals surface area contributed by atoms with Crippen molar-refractivity contribution in [2.75, 3.05) is 18.1 Å². The van der Waals surface area contributed by atoms with Crippen LogP contribution in [-0.2, 0) is 9.53 Å². The van der Waals surface area contributed by atoms with Crippen molar-refractivity contribution in [1.29, 1.82) is 0 Å². The highest BCUT2D eigenvalue weighted by Crippen LogP contribution is 2.48. The molecule has 0 bridgehead atoms. The summed E-state index contributed by atoms with van der Waals surface area (Å²) in [5.74, 6) is 2.45. The van der Waals surface area contributed by atoms with Gasteiger partial charge in [-0.05, 0) is 24.3 Å². The number of thioether (sulfide) groups is 1. The van der Waals surface area contributed by atoms with Gasteiger partial charge in [-0.25, -0.2) is 0 Å². The zero-order valence-corrected chi connectivity index (χ0v) is 12.1. The molecule has 2 heterocycles. The molecule has 3 nitrogen and oxygen atoms in total. The lowest BCUT2D eigenvalue weighted by atomic mass is 9.85. The Labute approximate surface area is 114 Å². The predicted molar refractivity (Wildman–Crippen MR) is 73.6 cm³/mol. The van der Waals surface area contributed by atoms with Gasteiger partial charge in [-0.2, -0.15) is 11.8 Å². The van der Waals surface area contributed by atoms with Crippen molar-refractivity contribution in [2.24, 2.45) is 0 Å². The van der Waals surface area contributed by atoms with E-state index >= 15 is 0 Å². The van der Waals surface area contributed by atoms with Gasteiger partial charge in [0.15, 0.2) is 0 Å². The quantitative estimate of drug-likeness (QED) is 0.677. The van der Waals surface area contributed by atoms with Crippen molar-refractivity contribution in [3.8, 4) is 0 Å². The van der Waals surface area contributed by atoms with E-state index in [2.05, 4.69) is 4.90 Å². The third-order valence-corrected chi connectivity index (χ3v) is 5.75. The molecule has 1 saturated carbocycles. The minimum atomic E-state index is -0.256. The highest BCUT2D eigenvalue weighted by atomic mass is 32.2. The molecule has 0 aromatic rings. The van der Waals surface area contributed by atoms with E-state index in [4.69, 9.17) is 4.74 Å². The van der Waals surface area contributed by atoms with Crippen molar-refractivity contribution < 1.29 is 9.53 Å². The van der Waals surface area contributed by atoms with E-state index in [1.165, 1.54) is 19.3 Å². The van der Waals surface area contributed by atoms with Crippen LogP contribution in [0.1, 0.15) is 51.9 Å². The lowest BCUT2D eigenvalue weighted by molar-refractivity contribution is -0.166. The Morgan fingerprint density at radius 3 is 2.39 bits per heavy atom. The van der Waals surface area contributed by atoms with E-state index in [-0.39, 0.29) is 17.2 Å². The molecule has 0 radical (unpaired) electrons. The van der Waals surface area contributed by atoms with E-state index in [1.54, 1.807) is 6.92 Å². The van der Waals surface area contributed by atoms with Crippen molar-refractivity contribution in [1.82, 2.24) is 4.90 Å². The minimum absolute atomic E-state index is 0.00801. The molecule has 18 heavy (non-hydrogen) atoms. The average Bonchev–Trinajstić information content (AvgIpc) is 2.65. The molecule has 0 aromatic heterocycles. The van der Waals surface area contributed by atoms with Crippen LogP contribution in [0.3, 0.4) is 0 Å². The van der Waals surface area contributed by atoms with Crippen LogP contribution < -0.4 is 0 Å². The minimum Gasteiger partial charge on any atom is -0.347 e. The second-order valence-corrected chi connectivity index (χ2v) is 7.23. The van der Waals surface area contributed by atoms with Crippen LogP contribution in [0.5, 0.6) is 0 Å². The molecule has 102 valence electrons. The Morgan fingerprint density at radius 1 is 1.11 bits per heavy atom. The highest BCUT2D eigenvalue weighted by molar-refractivity contribution is 7.99. The molecule has 1 amide bonds. The molecule has 0 N–H and O–H groups in total. The molecule has 2 saturated heterocycles. The zero-order chi connectivity index (χ0) is 12.6. The summed E-state index contributed by atoms with van der Waals surface area (Å²) < 4.78 is 6.58. The standard InChI is InChI=1S/C14H23NO2S/c1-12(16)15-11-13(5-3-2-4-6-13)17-14(15)7-9-18-10-8-14/h2-11H2,1H3. The first-order valence-electron chi connectivity index (χ1n) is 7.22. The zero-order valence-electron chi connectivity index (χ0n) is 11.2. The van der Waals surface area contributed by atoms with Crippen molar-refractivity contribution in [3.63, 3.8) is 0 Å². The largest absolute Gasteiger partial charge is 0.347 e. The summed E-state index contributed by atoms with van der Waals surface area (Å²) in [4.78, 5) is 14.0. The van der Waals surface area contributed by atoms with Gasteiger partial charge in [0, 0.05) is 19.8 Å². The number of hydrogen-bond donors (Lipinski definition) is 0. The fraction of sp³-hybridized carbons (Fsp3) is 0.929. The first-order valence-corrected chi connectivity index (χ1v) is 8.38. The summed E-state index contributed by atoms with van der Waals surface area (Å²) >= 11 is 1.99. The number of nitrogens with zero attached hydrogens (tertiary/aromatic N) is 1. The molecule has 0 unspecified atom stereocenters. The Bertz CT molecular complexity index is 333. The van der Waals surface area contributed by atoms with Crippen LogP contribution in [-0.4, -0.2) is 40.2 Å². The molecule has 2 aliphatic heterocycles. The van der Waals surface area contributed by atoms with Crippen molar-refractivity contribution >= 4 is 17.7 Å². The number of carbonyl (C=O) groups excluding carboxylic acids is 1. The smallest absolute Gasteiger partial charge is 0.221 e. The van der Waals surface area contributed by atoms with Crippen LogP contribution in [0.25, 0.3) is 0 Å². The SMILES string of the molecule is CC(=O)N1CC2(CCCCC2)OC12CCSCC2. The molecular formula is C14H23NO2S. The van der Waals surface area contributed by atoms with Crippen molar-refractivity contribution in [2.45, 2.75) is 63.2 Å². The fourth-order valence-corrected chi connectivity index (χ4v) is 4.97. The molecule has 0 aromatic carbocycles. The van der Waals surface area contributed by atoms with E-state index in [1.807, 2.05) is 11.8 Å². The van der Waals surface area contributed by atoms with Gasteiger partial charge in [0.2, 0.25) is 5.91 Å². The van der Waals surface area contributed by atoms with Crippen LogP contribution in [0.2, 0.25) is 0 Å². The summed E-state index contributed by atoms with van der Waals surface area (Å²) in [6.45, 7) is 2.54. The molecule has 0 atom stereocenters. The molecule has 1 aliphatic carbocycles. The van der Waals surface area contributed by atoms with Crippen LogP contribution in [0.15, 0.2) is 0 Å². The monoisotopic (exact) mass is 269 g/mol. The molecule has 3 fully saturated rings. The average molecular weight is 269 g/mol. The summed E-state index contributed by atoms with van der Waals surface area (Å²) in [5, 5.41) is 0. The van der Waals surface area contributed by atoms with Crippen molar-refractivity contribution in [3.05, 3.63) is 0 Å². The van der Waals surface area contributed by atoms with Crippen LogP contribution in [0.4, 0.5) is 0 Å². The molecule has 3 rings (SSSR count). The van der Waals surface area contributed by atoms with E-state index in [0.29, 0.717) is 0 Å². The summed E-state index contributed by atoms with van der Waals surface area (Å²) in [5.41, 5.74) is -0.264. The second-order valence-electron chi connectivity index (χ2n) is 6.01. The number of rotatable bonds is 0. The van der Waals surface area contributed by atoms with Crippen LogP contribution >= 0.6 is 11.8 Å².